The number of hydrogen-bond acceptors (Lipinski definition) is 3. The first-order valence-corrected chi connectivity index (χ1v) is 4.77. The van der Waals surface area contributed by atoms with Crippen molar-refractivity contribution in [2.45, 2.75) is 20.8 Å². The first kappa shape index (κ1) is 13.1. The van der Waals surface area contributed by atoms with Crippen molar-refractivity contribution in [2.24, 2.45) is 5.73 Å². The third-order valence-corrected chi connectivity index (χ3v) is 1.82. The van der Waals surface area contributed by atoms with Crippen LogP contribution < -0.4 is 5.73 Å². The Morgan fingerprint density at radius 2 is 1.71 bits per heavy atom. The van der Waals surface area contributed by atoms with Crippen LogP contribution in [0.3, 0.4) is 0 Å². The van der Waals surface area contributed by atoms with Gasteiger partial charge in [0, 0.05) is 0 Å². The molecule has 0 unspecified atom stereocenters. The van der Waals surface area contributed by atoms with Crippen LogP contribution in [0.4, 0.5) is 0 Å². The van der Waals surface area contributed by atoms with Gasteiger partial charge in [-0.05, 0) is 6.92 Å². The Bertz CT molecular complexity index is 342. The third kappa shape index (κ3) is 3.12. The van der Waals surface area contributed by atoms with Crippen molar-refractivity contribution in [3.05, 3.63) is 21.7 Å². The normalized spacial score (nSPS) is 8.93. The summed E-state index contributed by atoms with van der Waals surface area (Å²) in [6.07, 6.45) is 0. The number of nitrogens with zero attached hydrogens (tertiary/aromatic N) is 2. The molecule has 0 aliphatic carbocycles. The van der Waals surface area contributed by atoms with Gasteiger partial charge in [-0.15, -0.1) is 0 Å². The van der Waals surface area contributed by atoms with Crippen molar-refractivity contribution in [2.75, 3.05) is 0 Å². The van der Waals surface area contributed by atoms with Gasteiger partial charge in [0.25, 0.3) is 5.91 Å². The number of hydrogen-bond donors (Lipinski definition) is 1. The van der Waals surface area contributed by atoms with Crippen molar-refractivity contribution < 1.29 is 4.79 Å². The molecule has 0 aromatic carbocycles. The number of rotatable bonds is 1. The van der Waals surface area contributed by atoms with Crippen molar-refractivity contribution in [1.82, 2.24) is 9.97 Å². The van der Waals surface area contributed by atoms with Gasteiger partial charge in [-0.2, -0.15) is 0 Å². The van der Waals surface area contributed by atoms with Gasteiger partial charge in [0.15, 0.2) is 16.0 Å². The van der Waals surface area contributed by atoms with Crippen LogP contribution in [-0.2, 0) is 0 Å². The largest absolute Gasteiger partial charge is 0.364 e. The second-order valence-electron chi connectivity index (χ2n) is 2.10. The van der Waals surface area contributed by atoms with Crippen molar-refractivity contribution in [3.63, 3.8) is 0 Å². The van der Waals surface area contributed by atoms with Crippen LogP contribution in [0.2, 0.25) is 10.3 Å². The topological polar surface area (TPSA) is 68.9 Å². The minimum Gasteiger partial charge on any atom is -0.364 e. The molecule has 0 saturated heterocycles. The van der Waals surface area contributed by atoms with Crippen LogP contribution in [0.15, 0.2) is 0 Å². The predicted molar refractivity (Wildman–Crippen MR) is 56.7 cm³/mol. The van der Waals surface area contributed by atoms with Gasteiger partial charge in [-0.3, -0.25) is 4.79 Å². The number of halogens is 2. The maximum Gasteiger partial charge on any atom is 0.270 e. The van der Waals surface area contributed by atoms with Crippen LogP contribution >= 0.6 is 23.2 Å². The van der Waals surface area contributed by atoms with E-state index in [2.05, 4.69) is 9.97 Å². The monoisotopic (exact) mass is 235 g/mol. The number of amides is 1. The van der Waals surface area contributed by atoms with Gasteiger partial charge in [0.1, 0.15) is 0 Å². The molecule has 14 heavy (non-hydrogen) atoms. The number of carbonyl (C=O) groups is 1. The molecule has 78 valence electrons. The maximum absolute atomic E-state index is 10.7. The highest BCUT2D eigenvalue weighted by molar-refractivity contribution is 6.34. The molecule has 1 aromatic heterocycles. The summed E-state index contributed by atoms with van der Waals surface area (Å²) in [5.74, 6) is -0.715. The van der Waals surface area contributed by atoms with Gasteiger partial charge in [0.05, 0.1) is 5.69 Å². The Kier molecular flexibility index (Phi) is 5.42. The molecule has 2 N–H and O–H groups in total. The van der Waals surface area contributed by atoms with Crippen molar-refractivity contribution in [1.29, 1.82) is 0 Å². The molecule has 0 aliphatic rings. The fraction of sp³-hybridized carbons (Fsp3) is 0.375. The Hall–Kier alpha value is -0.870. The molecule has 1 aromatic rings. The smallest absolute Gasteiger partial charge is 0.270 e. The summed E-state index contributed by atoms with van der Waals surface area (Å²) in [6.45, 7) is 5.61. The average molecular weight is 236 g/mol. The second kappa shape index (κ2) is 5.78. The van der Waals surface area contributed by atoms with Gasteiger partial charge < -0.3 is 5.73 Å². The van der Waals surface area contributed by atoms with Gasteiger partial charge in [-0.25, -0.2) is 9.97 Å². The van der Waals surface area contributed by atoms with Gasteiger partial charge >= 0.3 is 0 Å². The summed E-state index contributed by atoms with van der Waals surface area (Å²) >= 11 is 11.1. The van der Waals surface area contributed by atoms with Crippen LogP contribution in [-0.4, -0.2) is 15.9 Å². The molecule has 0 spiro atoms. The SMILES string of the molecule is CC.Cc1nc(C(N)=O)c(Cl)nc1Cl. The lowest BCUT2D eigenvalue weighted by atomic mass is 10.4. The zero-order valence-corrected chi connectivity index (χ0v) is 9.65. The molecule has 6 heteroatoms. The fourth-order valence-corrected chi connectivity index (χ4v) is 1.03. The first-order valence-electron chi connectivity index (χ1n) is 4.02. The van der Waals surface area contributed by atoms with Crippen molar-refractivity contribution >= 4 is 29.1 Å². The highest BCUT2D eigenvalue weighted by atomic mass is 35.5. The number of carbonyl (C=O) groups excluding carboxylic acids is 1. The van der Waals surface area contributed by atoms with Gasteiger partial charge in [0.2, 0.25) is 0 Å². The van der Waals surface area contributed by atoms with Crippen LogP contribution in [0.5, 0.6) is 0 Å². The lowest BCUT2D eigenvalue weighted by Gasteiger charge is -2.00. The van der Waals surface area contributed by atoms with Crippen molar-refractivity contribution in [3.8, 4) is 0 Å². The summed E-state index contributed by atoms with van der Waals surface area (Å²) < 4.78 is 0. The molecular weight excluding hydrogens is 225 g/mol. The number of aromatic nitrogens is 2. The third-order valence-electron chi connectivity index (χ3n) is 1.20. The van der Waals surface area contributed by atoms with E-state index in [4.69, 9.17) is 28.9 Å². The molecule has 0 fully saturated rings. The second-order valence-corrected chi connectivity index (χ2v) is 2.82. The minimum absolute atomic E-state index is 0.0569. The summed E-state index contributed by atoms with van der Waals surface area (Å²) in [5.41, 5.74) is 5.33. The Balaban J connectivity index is 0.000000791. The van der Waals surface area contributed by atoms with E-state index in [9.17, 15) is 4.79 Å². The van der Waals surface area contributed by atoms with Crippen LogP contribution in [0, 0.1) is 6.92 Å². The quantitative estimate of drug-likeness (QED) is 0.812. The van der Waals surface area contributed by atoms with Gasteiger partial charge in [-0.1, -0.05) is 37.0 Å². The van der Waals surface area contributed by atoms with E-state index in [1.165, 1.54) is 0 Å². The average Bonchev–Trinajstić information content (AvgIpc) is 2.14. The number of nitrogens with two attached hydrogens (primary N) is 1. The Morgan fingerprint density at radius 1 is 1.21 bits per heavy atom. The summed E-state index contributed by atoms with van der Waals surface area (Å²) in [5, 5.41) is 0.100. The standard InChI is InChI=1S/C6H5Cl2N3O.C2H6/c1-2-4(7)11-5(8)3(10-2)6(9)12;1-2/h1H3,(H2,9,12);1-2H3. The Labute approximate surface area is 92.4 Å². The lowest BCUT2D eigenvalue weighted by Crippen LogP contribution is -2.15. The molecule has 0 bridgehead atoms. The summed E-state index contributed by atoms with van der Waals surface area (Å²) in [4.78, 5) is 18.1. The molecule has 1 heterocycles. The molecule has 0 atom stereocenters. The molecule has 1 rings (SSSR count). The van der Waals surface area contributed by atoms with E-state index in [1.54, 1.807) is 6.92 Å². The maximum atomic E-state index is 10.7. The minimum atomic E-state index is -0.715. The fourth-order valence-electron chi connectivity index (χ4n) is 0.637. The molecular formula is C8H11Cl2N3O. The molecule has 0 aliphatic heterocycles. The zero-order valence-electron chi connectivity index (χ0n) is 8.14. The highest BCUT2D eigenvalue weighted by Crippen LogP contribution is 2.16. The summed E-state index contributed by atoms with van der Waals surface area (Å²) in [6, 6.07) is 0. The molecule has 1 amide bonds. The molecule has 4 nitrogen and oxygen atoms in total. The van der Waals surface area contributed by atoms with Crippen LogP contribution in [0.1, 0.15) is 30.0 Å². The van der Waals surface area contributed by atoms with E-state index in [1.807, 2.05) is 13.8 Å². The molecule has 0 radical (unpaired) electrons. The molecule has 0 saturated carbocycles. The van der Waals surface area contributed by atoms with E-state index in [0.717, 1.165) is 0 Å². The Morgan fingerprint density at radius 3 is 2.14 bits per heavy atom. The predicted octanol–water partition coefficient (Wildman–Crippen LogP) is 2.22. The van der Waals surface area contributed by atoms with E-state index in [0.29, 0.717) is 5.69 Å². The highest BCUT2D eigenvalue weighted by Gasteiger charge is 2.12. The number of aryl methyl sites for hydroxylation is 1. The summed E-state index contributed by atoms with van der Waals surface area (Å²) in [7, 11) is 0. The number of primary amides is 1. The van der Waals surface area contributed by atoms with Crippen LogP contribution in [0.25, 0.3) is 0 Å². The van der Waals surface area contributed by atoms with E-state index < -0.39 is 5.91 Å². The lowest BCUT2D eigenvalue weighted by molar-refractivity contribution is 0.0995. The zero-order chi connectivity index (χ0) is 11.3. The van der Waals surface area contributed by atoms with E-state index in [-0.39, 0.29) is 16.0 Å². The van der Waals surface area contributed by atoms with E-state index >= 15 is 0 Å². The first-order chi connectivity index (χ1) is 6.52.